The zero-order valence-electron chi connectivity index (χ0n) is 17.5. The van der Waals surface area contributed by atoms with Gasteiger partial charge in [0.2, 0.25) is 10.0 Å². The van der Waals surface area contributed by atoms with Crippen molar-refractivity contribution in [1.82, 2.24) is 33.8 Å². The second-order valence-corrected chi connectivity index (χ2v) is 9.36. The van der Waals surface area contributed by atoms with E-state index >= 15 is 0 Å². The molecule has 1 aromatic carbocycles. The average molecular weight is 451 g/mol. The highest BCUT2D eigenvalue weighted by Gasteiger charge is 2.29. The van der Waals surface area contributed by atoms with E-state index in [2.05, 4.69) is 25.1 Å². The van der Waals surface area contributed by atoms with Crippen LogP contribution in [0.5, 0.6) is 0 Å². The number of piperazine rings is 1. The minimum absolute atomic E-state index is 0.278. The summed E-state index contributed by atoms with van der Waals surface area (Å²) in [6.07, 6.45) is 7.02. The van der Waals surface area contributed by atoms with Crippen molar-refractivity contribution >= 4 is 15.8 Å². The number of aryl methyl sites for hydroxylation is 1. The number of nitrogens with zero attached hydrogens (tertiary/aromatic N) is 8. The summed E-state index contributed by atoms with van der Waals surface area (Å²) >= 11 is 0. The van der Waals surface area contributed by atoms with Gasteiger partial charge in [0.25, 0.3) is 0 Å². The number of sulfonamides is 1. The number of anilines is 1. The van der Waals surface area contributed by atoms with Gasteiger partial charge in [0.1, 0.15) is 11.6 Å². The summed E-state index contributed by atoms with van der Waals surface area (Å²) in [6.45, 7) is 3.68. The van der Waals surface area contributed by atoms with Gasteiger partial charge in [-0.25, -0.2) is 27.7 Å². The van der Waals surface area contributed by atoms with Gasteiger partial charge in [-0.05, 0) is 43.3 Å². The van der Waals surface area contributed by atoms with Crippen molar-refractivity contribution in [3.63, 3.8) is 0 Å². The smallest absolute Gasteiger partial charge is 0.243 e. The van der Waals surface area contributed by atoms with E-state index in [4.69, 9.17) is 0 Å². The van der Waals surface area contributed by atoms with Crippen molar-refractivity contribution < 1.29 is 8.42 Å². The summed E-state index contributed by atoms with van der Waals surface area (Å²) < 4.78 is 31.2. The molecule has 3 aromatic heterocycles. The van der Waals surface area contributed by atoms with E-state index < -0.39 is 10.0 Å². The molecule has 0 atom stereocenters. The van der Waals surface area contributed by atoms with Crippen molar-refractivity contribution in [3.8, 4) is 11.5 Å². The quantitative estimate of drug-likeness (QED) is 0.456. The lowest BCUT2D eigenvalue weighted by Crippen LogP contribution is -2.49. The van der Waals surface area contributed by atoms with Crippen molar-refractivity contribution in [2.24, 2.45) is 0 Å². The lowest BCUT2D eigenvalue weighted by molar-refractivity contribution is 0.383. The van der Waals surface area contributed by atoms with Crippen LogP contribution in [0.2, 0.25) is 0 Å². The first-order valence-electron chi connectivity index (χ1n) is 10.2. The molecule has 164 valence electrons. The molecule has 0 spiro atoms. The van der Waals surface area contributed by atoms with Gasteiger partial charge in [0, 0.05) is 57.0 Å². The Morgan fingerprint density at radius 3 is 2.06 bits per heavy atom. The molecule has 1 aliphatic heterocycles. The molecule has 0 unspecified atom stereocenters. The molecule has 1 saturated heterocycles. The largest absolute Gasteiger partial charge is 0.354 e. The highest BCUT2D eigenvalue weighted by Crippen LogP contribution is 2.22. The van der Waals surface area contributed by atoms with Crippen LogP contribution < -0.4 is 4.90 Å². The fourth-order valence-corrected chi connectivity index (χ4v) is 5.14. The van der Waals surface area contributed by atoms with Gasteiger partial charge in [0.15, 0.2) is 5.82 Å². The Labute approximate surface area is 185 Å². The van der Waals surface area contributed by atoms with Gasteiger partial charge in [0.05, 0.1) is 10.6 Å². The molecular weight excluding hydrogens is 428 g/mol. The van der Waals surface area contributed by atoms with Crippen LogP contribution in [0.4, 0.5) is 5.82 Å². The van der Waals surface area contributed by atoms with Crippen molar-refractivity contribution in [2.75, 3.05) is 31.1 Å². The molecule has 10 nitrogen and oxygen atoms in total. The number of rotatable bonds is 5. The molecule has 11 heteroatoms. The summed E-state index contributed by atoms with van der Waals surface area (Å²) in [5.74, 6) is 2.09. The van der Waals surface area contributed by atoms with Crippen LogP contribution in [-0.4, -0.2) is 68.4 Å². The zero-order chi connectivity index (χ0) is 22.1. The van der Waals surface area contributed by atoms with Crippen LogP contribution in [0.3, 0.4) is 0 Å². The first-order chi connectivity index (χ1) is 15.5. The minimum atomic E-state index is -3.57. The molecule has 0 radical (unpaired) electrons. The third kappa shape index (κ3) is 3.87. The maximum absolute atomic E-state index is 13.1. The van der Waals surface area contributed by atoms with Crippen molar-refractivity contribution in [3.05, 3.63) is 73.1 Å². The van der Waals surface area contributed by atoms with E-state index in [0.717, 1.165) is 11.5 Å². The first kappa shape index (κ1) is 20.3. The van der Waals surface area contributed by atoms with E-state index in [9.17, 15) is 8.42 Å². The normalized spacial score (nSPS) is 15.2. The van der Waals surface area contributed by atoms with Crippen LogP contribution in [0.25, 0.3) is 11.5 Å². The summed E-state index contributed by atoms with van der Waals surface area (Å²) in [5, 5.41) is 8.40. The zero-order valence-corrected chi connectivity index (χ0v) is 18.3. The molecule has 0 N–H and O–H groups in total. The Hall–Kier alpha value is -3.57. The van der Waals surface area contributed by atoms with Crippen LogP contribution in [0, 0.1) is 6.92 Å². The number of aromatic nitrogens is 6. The van der Waals surface area contributed by atoms with Gasteiger partial charge < -0.3 is 4.90 Å². The second kappa shape index (κ2) is 8.17. The number of hydrogen-bond acceptors (Lipinski definition) is 7. The monoisotopic (exact) mass is 450 g/mol. The van der Waals surface area contributed by atoms with Crippen molar-refractivity contribution in [2.45, 2.75) is 11.8 Å². The van der Waals surface area contributed by atoms with Crippen LogP contribution in [-0.2, 0) is 10.0 Å². The Morgan fingerprint density at radius 2 is 1.44 bits per heavy atom. The van der Waals surface area contributed by atoms with Gasteiger partial charge in [-0.15, -0.1) is 0 Å². The summed E-state index contributed by atoms with van der Waals surface area (Å²) in [6, 6.07) is 12.3. The average Bonchev–Trinajstić information content (AvgIpc) is 3.53. The van der Waals surface area contributed by atoms with Crippen LogP contribution >= 0.6 is 0 Å². The summed E-state index contributed by atoms with van der Waals surface area (Å²) in [7, 11) is -3.57. The SMILES string of the molecule is Cc1nc(N2CCN(S(=O)(=O)c3ccc(-n4cccn4)cc3)CC2)cc(-n2cccn2)n1. The predicted octanol–water partition coefficient (Wildman–Crippen LogP) is 1.67. The van der Waals surface area contributed by atoms with Gasteiger partial charge in [-0.1, -0.05) is 0 Å². The topological polar surface area (TPSA) is 102 Å². The molecule has 4 heterocycles. The van der Waals surface area contributed by atoms with E-state index in [1.165, 1.54) is 4.31 Å². The third-order valence-electron chi connectivity index (χ3n) is 5.36. The maximum Gasteiger partial charge on any atom is 0.243 e. The fraction of sp³-hybridized carbons (Fsp3) is 0.238. The second-order valence-electron chi connectivity index (χ2n) is 7.42. The highest BCUT2D eigenvalue weighted by molar-refractivity contribution is 7.89. The van der Waals surface area contributed by atoms with Crippen LogP contribution in [0.15, 0.2) is 72.1 Å². The minimum Gasteiger partial charge on any atom is -0.354 e. The lowest BCUT2D eigenvalue weighted by Gasteiger charge is -2.34. The lowest BCUT2D eigenvalue weighted by atomic mass is 10.3. The van der Waals surface area contributed by atoms with E-state index in [0.29, 0.717) is 37.8 Å². The van der Waals surface area contributed by atoms with E-state index in [-0.39, 0.29) is 4.90 Å². The molecule has 32 heavy (non-hydrogen) atoms. The number of hydrogen-bond donors (Lipinski definition) is 0. The summed E-state index contributed by atoms with van der Waals surface area (Å²) in [4.78, 5) is 11.3. The van der Waals surface area contributed by atoms with Crippen LogP contribution in [0.1, 0.15) is 5.82 Å². The Kier molecular flexibility index (Phi) is 5.19. The molecule has 4 aromatic rings. The van der Waals surface area contributed by atoms with Gasteiger partial charge in [-0.3, -0.25) is 0 Å². The fourth-order valence-electron chi connectivity index (χ4n) is 3.72. The van der Waals surface area contributed by atoms with Crippen molar-refractivity contribution in [1.29, 1.82) is 0 Å². The highest BCUT2D eigenvalue weighted by atomic mass is 32.2. The van der Waals surface area contributed by atoms with Gasteiger partial charge >= 0.3 is 0 Å². The molecule has 0 saturated carbocycles. The predicted molar refractivity (Wildman–Crippen MR) is 118 cm³/mol. The van der Waals surface area contributed by atoms with E-state index in [1.54, 1.807) is 46.0 Å². The third-order valence-corrected chi connectivity index (χ3v) is 7.27. The number of benzene rings is 1. The standard InChI is InChI=1S/C21H22N8O2S/c1-17-24-20(16-21(25-17)29-11-3-9-23-29)26-12-14-27(15-13-26)32(30,31)19-6-4-18(5-7-19)28-10-2-8-22-28/h2-11,16H,12-15H2,1H3. The first-order valence-corrected chi connectivity index (χ1v) is 11.7. The van der Waals surface area contributed by atoms with Gasteiger partial charge in [-0.2, -0.15) is 14.5 Å². The molecule has 0 aliphatic carbocycles. The Balaban J connectivity index is 1.30. The molecular formula is C21H22N8O2S. The Bertz CT molecular complexity index is 1290. The molecule has 0 amide bonds. The maximum atomic E-state index is 13.1. The molecule has 1 aliphatic rings. The Morgan fingerprint density at radius 1 is 0.812 bits per heavy atom. The molecule has 5 rings (SSSR count). The summed E-state index contributed by atoms with van der Waals surface area (Å²) in [5.41, 5.74) is 0.811. The molecule has 0 bridgehead atoms. The van der Waals surface area contributed by atoms with E-state index in [1.807, 2.05) is 37.5 Å². The molecule has 1 fully saturated rings.